The second-order valence-electron chi connectivity index (χ2n) is 6.30. The van der Waals surface area contributed by atoms with Crippen LogP contribution in [0.2, 0.25) is 0 Å². The molecular weight excluding hydrogens is 350 g/mol. The van der Waals surface area contributed by atoms with Crippen molar-refractivity contribution in [3.63, 3.8) is 0 Å². The molecular formula is C18H21N5O4. The molecule has 3 aromatic rings. The van der Waals surface area contributed by atoms with E-state index < -0.39 is 5.97 Å². The van der Waals surface area contributed by atoms with Crippen LogP contribution in [0.25, 0.3) is 22.5 Å². The number of esters is 1. The van der Waals surface area contributed by atoms with Gasteiger partial charge in [0.25, 0.3) is 0 Å². The number of hydrogen-bond donors (Lipinski definition) is 1. The summed E-state index contributed by atoms with van der Waals surface area (Å²) >= 11 is 0. The number of ether oxygens (including phenoxy) is 2. The maximum Gasteiger partial charge on any atom is 0.360 e. The maximum atomic E-state index is 11.7. The number of carbonyl (C=O) groups is 1. The van der Waals surface area contributed by atoms with Crippen LogP contribution in [0.4, 0.5) is 5.69 Å². The lowest BCUT2D eigenvalue weighted by Gasteiger charge is -2.25. The van der Waals surface area contributed by atoms with Crippen LogP contribution in [0, 0.1) is 0 Å². The molecule has 0 aliphatic carbocycles. The highest BCUT2D eigenvalue weighted by atomic mass is 16.5. The number of fused-ring (bicyclic) bond motifs is 1. The molecule has 3 aromatic heterocycles. The quantitative estimate of drug-likeness (QED) is 0.682. The van der Waals surface area contributed by atoms with E-state index in [-0.39, 0.29) is 11.7 Å². The molecule has 0 atom stereocenters. The molecule has 0 aromatic carbocycles. The van der Waals surface area contributed by atoms with Crippen molar-refractivity contribution in [1.29, 1.82) is 0 Å². The van der Waals surface area contributed by atoms with Crippen molar-refractivity contribution in [2.24, 2.45) is 0 Å². The van der Waals surface area contributed by atoms with Gasteiger partial charge < -0.3 is 19.2 Å². The van der Waals surface area contributed by atoms with Gasteiger partial charge in [-0.15, -0.1) is 0 Å². The summed E-state index contributed by atoms with van der Waals surface area (Å²) in [6.07, 6.45) is 6.60. The predicted octanol–water partition coefficient (Wildman–Crippen LogP) is 2.48. The maximum absolute atomic E-state index is 11.7. The Morgan fingerprint density at radius 1 is 1.37 bits per heavy atom. The topological polar surface area (TPSA) is 104 Å². The summed E-state index contributed by atoms with van der Waals surface area (Å²) in [6.45, 7) is 4.18. The molecule has 9 nitrogen and oxygen atoms in total. The lowest BCUT2D eigenvalue weighted by atomic mass is 10.1. The van der Waals surface area contributed by atoms with E-state index in [9.17, 15) is 4.79 Å². The van der Waals surface area contributed by atoms with Crippen molar-refractivity contribution >= 4 is 22.7 Å². The molecule has 27 heavy (non-hydrogen) atoms. The molecule has 9 heteroatoms. The Labute approximate surface area is 155 Å². The number of carbonyl (C=O) groups excluding carboxylic acids is 1. The first-order valence-corrected chi connectivity index (χ1v) is 8.94. The summed E-state index contributed by atoms with van der Waals surface area (Å²) in [5, 5.41) is 8.89. The highest BCUT2D eigenvalue weighted by Crippen LogP contribution is 2.34. The lowest BCUT2D eigenvalue weighted by molar-refractivity contribution is 0.0594. The summed E-state index contributed by atoms with van der Waals surface area (Å²) in [5.41, 5.74) is 2.44. The second kappa shape index (κ2) is 7.36. The SMILES string of the molecule is CCn1ncc2c(NC3CCOCC3)c(-c3nc(C(=O)OC)co3)cnc21. The largest absolute Gasteiger partial charge is 0.464 e. The van der Waals surface area contributed by atoms with Crippen molar-refractivity contribution < 1.29 is 18.7 Å². The van der Waals surface area contributed by atoms with Crippen molar-refractivity contribution in [2.45, 2.75) is 32.4 Å². The van der Waals surface area contributed by atoms with Gasteiger partial charge >= 0.3 is 5.97 Å². The highest BCUT2D eigenvalue weighted by molar-refractivity contribution is 5.97. The summed E-state index contributed by atoms with van der Waals surface area (Å²) in [4.78, 5) is 20.5. The third-order valence-electron chi connectivity index (χ3n) is 4.66. The van der Waals surface area contributed by atoms with Crippen LogP contribution in [-0.4, -0.2) is 52.1 Å². The van der Waals surface area contributed by atoms with Crippen LogP contribution in [0.5, 0.6) is 0 Å². The van der Waals surface area contributed by atoms with Crippen molar-refractivity contribution in [1.82, 2.24) is 19.7 Å². The number of aromatic nitrogens is 4. The first-order valence-electron chi connectivity index (χ1n) is 8.94. The zero-order valence-corrected chi connectivity index (χ0v) is 15.3. The highest BCUT2D eigenvalue weighted by Gasteiger charge is 2.23. The number of methoxy groups -OCH3 is 1. The summed E-state index contributed by atoms with van der Waals surface area (Å²) < 4.78 is 17.5. The molecule has 0 radical (unpaired) electrons. The van der Waals surface area contributed by atoms with E-state index >= 15 is 0 Å². The van der Waals surface area contributed by atoms with E-state index in [0.717, 1.165) is 49.3 Å². The molecule has 0 bridgehead atoms. The van der Waals surface area contributed by atoms with Gasteiger partial charge in [-0.1, -0.05) is 0 Å². The number of hydrogen-bond acceptors (Lipinski definition) is 8. The Balaban J connectivity index is 1.79. The summed E-state index contributed by atoms with van der Waals surface area (Å²) in [7, 11) is 1.31. The standard InChI is InChI=1S/C18H21N5O4/c1-3-23-16-12(9-20-23)15(21-11-4-6-26-7-5-11)13(8-19-16)17-22-14(10-27-17)18(24)25-2/h8-11H,3-7H2,1-2H3,(H,19,21). The lowest BCUT2D eigenvalue weighted by Crippen LogP contribution is -2.28. The van der Waals surface area contributed by atoms with Gasteiger partial charge in [-0.05, 0) is 19.8 Å². The fourth-order valence-corrected chi connectivity index (χ4v) is 3.22. The molecule has 1 aliphatic rings. The van der Waals surface area contributed by atoms with Gasteiger partial charge in [0.1, 0.15) is 6.26 Å². The van der Waals surface area contributed by atoms with Crippen molar-refractivity contribution in [2.75, 3.05) is 25.6 Å². The Kier molecular flexibility index (Phi) is 4.76. The van der Waals surface area contributed by atoms with E-state index in [4.69, 9.17) is 13.9 Å². The Hall–Kier alpha value is -2.94. The first kappa shape index (κ1) is 17.5. The fraction of sp³-hybridized carbons (Fsp3) is 0.444. The zero-order chi connectivity index (χ0) is 18.8. The molecule has 1 N–H and O–H groups in total. The fourth-order valence-electron chi connectivity index (χ4n) is 3.22. The van der Waals surface area contributed by atoms with Gasteiger partial charge in [-0.25, -0.2) is 19.4 Å². The van der Waals surface area contributed by atoms with E-state index in [1.807, 2.05) is 11.6 Å². The molecule has 0 spiro atoms. The van der Waals surface area contributed by atoms with Gasteiger partial charge in [0.15, 0.2) is 11.3 Å². The Morgan fingerprint density at radius 3 is 2.93 bits per heavy atom. The number of aryl methyl sites for hydroxylation is 1. The summed E-state index contributed by atoms with van der Waals surface area (Å²) in [5.74, 6) is -0.236. The average Bonchev–Trinajstić information content (AvgIpc) is 3.35. The first-order chi connectivity index (χ1) is 13.2. The molecule has 0 amide bonds. The molecule has 1 aliphatic heterocycles. The monoisotopic (exact) mass is 371 g/mol. The van der Waals surface area contributed by atoms with E-state index in [1.54, 1.807) is 12.4 Å². The normalized spacial score (nSPS) is 15.2. The van der Waals surface area contributed by atoms with Crippen molar-refractivity contribution in [3.05, 3.63) is 24.4 Å². The van der Waals surface area contributed by atoms with Crippen LogP contribution >= 0.6 is 0 Å². The van der Waals surface area contributed by atoms with Crippen LogP contribution in [0.3, 0.4) is 0 Å². The Bertz CT molecular complexity index is 958. The van der Waals surface area contributed by atoms with E-state index in [1.165, 1.54) is 13.4 Å². The number of oxazole rings is 1. The number of nitrogens with zero attached hydrogens (tertiary/aromatic N) is 4. The van der Waals surface area contributed by atoms with Gasteiger partial charge in [-0.2, -0.15) is 5.10 Å². The second-order valence-corrected chi connectivity index (χ2v) is 6.30. The number of pyridine rings is 1. The van der Waals surface area contributed by atoms with Gasteiger partial charge in [-0.3, -0.25) is 0 Å². The molecule has 142 valence electrons. The minimum atomic E-state index is -0.545. The number of anilines is 1. The third kappa shape index (κ3) is 3.25. The minimum absolute atomic E-state index is 0.119. The van der Waals surface area contributed by atoms with Crippen LogP contribution < -0.4 is 5.32 Å². The summed E-state index contributed by atoms with van der Waals surface area (Å²) in [6, 6.07) is 0.267. The molecule has 4 rings (SSSR count). The molecule has 1 fully saturated rings. The molecule has 0 unspecified atom stereocenters. The Morgan fingerprint density at radius 2 is 2.19 bits per heavy atom. The van der Waals surface area contributed by atoms with Gasteiger partial charge in [0.05, 0.1) is 29.9 Å². The predicted molar refractivity (Wildman–Crippen MR) is 97.5 cm³/mol. The van der Waals surface area contributed by atoms with Crippen LogP contribution in [0.15, 0.2) is 23.1 Å². The molecule has 0 saturated carbocycles. The van der Waals surface area contributed by atoms with E-state index in [2.05, 4.69) is 20.4 Å². The van der Waals surface area contributed by atoms with Crippen molar-refractivity contribution in [3.8, 4) is 11.5 Å². The minimum Gasteiger partial charge on any atom is -0.464 e. The van der Waals surface area contributed by atoms with E-state index in [0.29, 0.717) is 11.5 Å². The van der Waals surface area contributed by atoms with Gasteiger partial charge in [0, 0.05) is 32.0 Å². The zero-order valence-electron chi connectivity index (χ0n) is 15.3. The van der Waals surface area contributed by atoms with Gasteiger partial charge in [0.2, 0.25) is 5.89 Å². The number of rotatable bonds is 5. The smallest absolute Gasteiger partial charge is 0.360 e. The van der Waals surface area contributed by atoms with Crippen LogP contribution in [-0.2, 0) is 16.0 Å². The third-order valence-corrected chi connectivity index (χ3v) is 4.66. The molecule has 1 saturated heterocycles. The number of nitrogens with one attached hydrogen (secondary N) is 1. The average molecular weight is 371 g/mol. The van der Waals surface area contributed by atoms with Crippen LogP contribution in [0.1, 0.15) is 30.3 Å². The molecule has 4 heterocycles.